The molecule has 0 aliphatic heterocycles. The topological polar surface area (TPSA) is 57.9 Å². The Morgan fingerprint density at radius 1 is 1.30 bits per heavy atom. The second kappa shape index (κ2) is 8.85. The molecule has 0 unspecified atom stereocenters. The van der Waals surface area contributed by atoms with Gasteiger partial charge in [0.1, 0.15) is 22.4 Å². The lowest BCUT2D eigenvalue weighted by atomic mass is 10.2. The predicted molar refractivity (Wildman–Crippen MR) is 115 cm³/mol. The van der Waals surface area contributed by atoms with Crippen molar-refractivity contribution in [1.29, 1.82) is 5.26 Å². The van der Waals surface area contributed by atoms with Gasteiger partial charge in [-0.2, -0.15) is 5.26 Å². The Labute approximate surface area is 171 Å². The van der Waals surface area contributed by atoms with Crippen molar-refractivity contribution in [1.82, 2.24) is 4.98 Å². The van der Waals surface area contributed by atoms with Gasteiger partial charge in [0.15, 0.2) is 0 Å². The van der Waals surface area contributed by atoms with Crippen LogP contribution < -0.4 is 10.1 Å². The summed E-state index contributed by atoms with van der Waals surface area (Å²) in [5.41, 5.74) is 4.39. The molecule has 1 aromatic heterocycles. The third-order valence-electron chi connectivity index (χ3n) is 3.81. The number of nitrogens with zero attached hydrogens (tertiary/aromatic N) is 2. The Kier molecular flexibility index (Phi) is 6.28. The molecule has 4 nitrogen and oxygen atoms in total. The van der Waals surface area contributed by atoms with Gasteiger partial charge in [-0.05, 0) is 71.7 Å². The lowest BCUT2D eigenvalue weighted by Gasteiger charge is -2.05. The molecule has 0 radical (unpaired) electrons. The summed E-state index contributed by atoms with van der Waals surface area (Å²) in [5.74, 6) is 0.835. The first-order chi connectivity index (χ1) is 13.1. The molecule has 1 N–H and O–H groups in total. The van der Waals surface area contributed by atoms with Gasteiger partial charge >= 0.3 is 0 Å². The molecule has 0 spiro atoms. The summed E-state index contributed by atoms with van der Waals surface area (Å²) in [6.07, 6.45) is 1.69. The number of benzene rings is 2. The molecule has 1 heterocycles. The van der Waals surface area contributed by atoms with Crippen LogP contribution >= 0.6 is 27.3 Å². The average molecular weight is 440 g/mol. The van der Waals surface area contributed by atoms with Gasteiger partial charge in [0.2, 0.25) is 0 Å². The van der Waals surface area contributed by atoms with Crippen LogP contribution in [0.5, 0.6) is 5.75 Å². The number of allylic oxidation sites excluding steroid dienone is 1. The normalized spacial score (nSPS) is 11.1. The fraction of sp³-hybridized carbons (Fsp3) is 0.143. The maximum Gasteiger partial charge on any atom is 0.136 e. The van der Waals surface area contributed by atoms with E-state index in [2.05, 4.69) is 32.3 Å². The summed E-state index contributed by atoms with van der Waals surface area (Å²) in [5, 5.41) is 15.3. The van der Waals surface area contributed by atoms with Crippen LogP contribution in [0.4, 0.5) is 5.69 Å². The van der Waals surface area contributed by atoms with E-state index in [4.69, 9.17) is 4.74 Å². The van der Waals surface area contributed by atoms with Gasteiger partial charge < -0.3 is 10.1 Å². The molecule has 0 saturated heterocycles. The Morgan fingerprint density at radius 2 is 2.07 bits per heavy atom. The van der Waals surface area contributed by atoms with E-state index in [1.165, 1.54) is 11.3 Å². The van der Waals surface area contributed by atoms with Crippen molar-refractivity contribution >= 4 is 38.5 Å². The first-order valence-electron chi connectivity index (χ1n) is 8.42. The molecule has 136 valence electrons. The highest BCUT2D eigenvalue weighted by Gasteiger charge is 2.09. The third-order valence-corrected chi connectivity index (χ3v) is 5.34. The first kappa shape index (κ1) is 19.2. The molecule has 0 bridgehead atoms. The summed E-state index contributed by atoms with van der Waals surface area (Å²) >= 11 is 4.98. The summed E-state index contributed by atoms with van der Waals surface area (Å²) in [6, 6.07) is 16.0. The summed E-state index contributed by atoms with van der Waals surface area (Å²) in [7, 11) is 0. The molecule has 3 rings (SSSR count). The molecule has 27 heavy (non-hydrogen) atoms. The minimum absolute atomic E-state index is 0.490. The van der Waals surface area contributed by atoms with Crippen LogP contribution in [0.3, 0.4) is 0 Å². The number of nitrogens with one attached hydrogen (secondary N) is 1. The Balaban J connectivity index is 1.79. The number of ether oxygens (including phenoxy) is 1. The third kappa shape index (κ3) is 4.76. The van der Waals surface area contributed by atoms with Crippen molar-refractivity contribution in [3.05, 3.63) is 69.1 Å². The fourth-order valence-electron chi connectivity index (χ4n) is 2.45. The molecule has 2 aromatic carbocycles. The van der Waals surface area contributed by atoms with Gasteiger partial charge in [-0.15, -0.1) is 11.3 Å². The van der Waals surface area contributed by atoms with Crippen molar-refractivity contribution in [3.8, 4) is 23.1 Å². The number of hydrogen-bond donors (Lipinski definition) is 1. The number of halogens is 1. The van der Waals surface area contributed by atoms with E-state index in [-0.39, 0.29) is 0 Å². The van der Waals surface area contributed by atoms with Gasteiger partial charge in [0.05, 0.1) is 18.0 Å². The summed E-state index contributed by atoms with van der Waals surface area (Å²) < 4.78 is 6.42. The molecular formula is C21H18BrN3OS. The highest BCUT2D eigenvalue weighted by atomic mass is 79.9. The Morgan fingerprint density at radius 3 is 2.74 bits per heavy atom. The first-order valence-corrected chi connectivity index (χ1v) is 10.1. The molecular weight excluding hydrogens is 422 g/mol. The van der Waals surface area contributed by atoms with Crippen LogP contribution in [0.1, 0.15) is 17.5 Å². The highest BCUT2D eigenvalue weighted by Crippen LogP contribution is 2.28. The van der Waals surface area contributed by atoms with Crippen LogP contribution in [-0.4, -0.2) is 11.6 Å². The lowest BCUT2D eigenvalue weighted by Crippen LogP contribution is -1.92. The molecule has 0 fully saturated rings. The van der Waals surface area contributed by atoms with Crippen molar-refractivity contribution in [2.24, 2.45) is 0 Å². The fourth-order valence-corrected chi connectivity index (χ4v) is 3.85. The number of aromatic nitrogens is 1. The van der Waals surface area contributed by atoms with E-state index in [9.17, 15) is 5.26 Å². The number of hydrogen-bond acceptors (Lipinski definition) is 5. The van der Waals surface area contributed by atoms with Crippen LogP contribution in [0, 0.1) is 18.3 Å². The second-order valence-corrected chi connectivity index (χ2v) is 7.51. The van der Waals surface area contributed by atoms with E-state index in [0.717, 1.165) is 32.7 Å². The van der Waals surface area contributed by atoms with E-state index in [1.54, 1.807) is 6.20 Å². The number of aryl methyl sites for hydroxylation is 1. The number of anilines is 1. The minimum atomic E-state index is 0.490. The van der Waals surface area contributed by atoms with Gasteiger partial charge in [-0.1, -0.05) is 6.07 Å². The van der Waals surface area contributed by atoms with E-state index >= 15 is 0 Å². The lowest BCUT2D eigenvalue weighted by molar-refractivity contribution is 0.340. The van der Waals surface area contributed by atoms with Crippen molar-refractivity contribution < 1.29 is 4.74 Å². The van der Waals surface area contributed by atoms with Gasteiger partial charge in [0.25, 0.3) is 0 Å². The summed E-state index contributed by atoms with van der Waals surface area (Å²) in [4.78, 5) is 4.61. The zero-order valence-electron chi connectivity index (χ0n) is 15.0. The summed E-state index contributed by atoms with van der Waals surface area (Å²) in [6.45, 7) is 4.63. The van der Waals surface area contributed by atoms with E-state index in [1.807, 2.05) is 61.7 Å². The SMILES string of the molecule is CCOc1ccc(-c2csc(C(C#N)=CNc3ccc(C)cc3Br)n2)cc1. The quantitative estimate of drug-likeness (QED) is 0.460. The second-order valence-electron chi connectivity index (χ2n) is 5.79. The average Bonchev–Trinajstić information content (AvgIpc) is 3.14. The Hall–Kier alpha value is -2.62. The zero-order chi connectivity index (χ0) is 19.2. The molecule has 0 atom stereocenters. The van der Waals surface area contributed by atoms with Crippen molar-refractivity contribution in [2.75, 3.05) is 11.9 Å². The van der Waals surface area contributed by atoms with Crippen LogP contribution in [0.15, 0.2) is 58.5 Å². The van der Waals surface area contributed by atoms with Gasteiger partial charge in [-0.3, -0.25) is 0 Å². The molecule has 3 aromatic rings. The van der Waals surface area contributed by atoms with Crippen molar-refractivity contribution in [3.63, 3.8) is 0 Å². The minimum Gasteiger partial charge on any atom is -0.494 e. The molecule has 6 heteroatoms. The largest absolute Gasteiger partial charge is 0.494 e. The maximum absolute atomic E-state index is 9.53. The van der Waals surface area contributed by atoms with Crippen molar-refractivity contribution in [2.45, 2.75) is 13.8 Å². The monoisotopic (exact) mass is 439 g/mol. The Bertz CT molecular complexity index is 1000. The molecule has 0 aliphatic rings. The number of nitriles is 1. The van der Waals surface area contributed by atoms with E-state index in [0.29, 0.717) is 17.2 Å². The smallest absolute Gasteiger partial charge is 0.136 e. The number of rotatable bonds is 6. The molecule has 0 amide bonds. The predicted octanol–water partition coefficient (Wildman–Crippen LogP) is 6.26. The van der Waals surface area contributed by atoms with Crippen LogP contribution in [0.2, 0.25) is 0 Å². The number of thiazole rings is 1. The van der Waals surface area contributed by atoms with Crippen LogP contribution in [0.25, 0.3) is 16.8 Å². The molecule has 0 saturated carbocycles. The molecule has 0 aliphatic carbocycles. The highest BCUT2D eigenvalue weighted by molar-refractivity contribution is 9.10. The van der Waals surface area contributed by atoms with Gasteiger partial charge in [0, 0.05) is 21.6 Å². The van der Waals surface area contributed by atoms with Crippen LogP contribution in [-0.2, 0) is 0 Å². The standard InChI is InChI=1S/C21H18BrN3OS/c1-3-26-17-7-5-15(6-8-17)20-13-27-21(25-20)16(11-23)12-24-19-9-4-14(2)10-18(19)22/h4-10,12-13,24H,3H2,1-2H3. The van der Waals surface area contributed by atoms with E-state index < -0.39 is 0 Å². The zero-order valence-corrected chi connectivity index (χ0v) is 17.4. The van der Waals surface area contributed by atoms with Gasteiger partial charge in [-0.25, -0.2) is 4.98 Å². The maximum atomic E-state index is 9.53.